The highest BCUT2D eigenvalue weighted by Gasteiger charge is 2.15. The Kier molecular flexibility index (Phi) is 5.63. The summed E-state index contributed by atoms with van der Waals surface area (Å²) < 4.78 is 5.25. The van der Waals surface area contributed by atoms with Gasteiger partial charge in [-0.15, -0.1) is 0 Å². The Balaban J connectivity index is 2.47. The highest BCUT2D eigenvalue weighted by Crippen LogP contribution is 2.18. The number of aliphatic hydroxyl groups is 1. The summed E-state index contributed by atoms with van der Waals surface area (Å²) in [7, 11) is 1.70. The molecule has 0 radical (unpaired) electrons. The minimum absolute atomic E-state index is 0.00371. The van der Waals surface area contributed by atoms with Crippen molar-refractivity contribution in [1.29, 1.82) is 0 Å². The maximum atomic E-state index is 8.96. The SMILES string of the molecule is COc1ccc(CCNC(C)(C)CCO)cc1C. The number of ether oxygens (including phenoxy) is 1. The van der Waals surface area contributed by atoms with Gasteiger partial charge < -0.3 is 15.2 Å². The number of rotatable bonds is 7. The summed E-state index contributed by atoms with van der Waals surface area (Å²) in [6, 6.07) is 6.29. The first-order valence-electron chi connectivity index (χ1n) is 6.48. The molecule has 0 aliphatic carbocycles. The van der Waals surface area contributed by atoms with Gasteiger partial charge in [0.25, 0.3) is 0 Å². The summed E-state index contributed by atoms with van der Waals surface area (Å²) >= 11 is 0. The fourth-order valence-electron chi connectivity index (χ4n) is 2.01. The first-order valence-corrected chi connectivity index (χ1v) is 6.48. The molecular formula is C15H25NO2. The summed E-state index contributed by atoms with van der Waals surface area (Å²) in [5.74, 6) is 0.937. The Morgan fingerprint density at radius 1 is 1.33 bits per heavy atom. The number of methoxy groups -OCH3 is 1. The van der Waals surface area contributed by atoms with Crippen LogP contribution in [0.3, 0.4) is 0 Å². The molecule has 0 aliphatic heterocycles. The number of nitrogens with one attached hydrogen (secondary N) is 1. The first-order chi connectivity index (χ1) is 8.48. The van der Waals surface area contributed by atoms with E-state index in [4.69, 9.17) is 9.84 Å². The maximum Gasteiger partial charge on any atom is 0.121 e. The van der Waals surface area contributed by atoms with Crippen molar-refractivity contribution < 1.29 is 9.84 Å². The van der Waals surface area contributed by atoms with E-state index in [-0.39, 0.29) is 12.1 Å². The molecule has 102 valence electrons. The van der Waals surface area contributed by atoms with Gasteiger partial charge in [-0.1, -0.05) is 12.1 Å². The van der Waals surface area contributed by atoms with E-state index in [0.717, 1.165) is 25.1 Å². The number of aryl methyl sites for hydroxylation is 1. The van der Waals surface area contributed by atoms with E-state index < -0.39 is 0 Å². The van der Waals surface area contributed by atoms with E-state index in [1.54, 1.807) is 7.11 Å². The smallest absolute Gasteiger partial charge is 0.121 e. The molecule has 0 aliphatic rings. The fourth-order valence-corrected chi connectivity index (χ4v) is 2.01. The zero-order valence-corrected chi connectivity index (χ0v) is 11.9. The molecule has 3 heteroatoms. The molecule has 0 amide bonds. The molecule has 0 fully saturated rings. The highest BCUT2D eigenvalue weighted by atomic mass is 16.5. The predicted molar refractivity (Wildman–Crippen MR) is 75.2 cm³/mol. The monoisotopic (exact) mass is 251 g/mol. The molecule has 1 aromatic carbocycles. The van der Waals surface area contributed by atoms with Crippen LogP contribution in [0.2, 0.25) is 0 Å². The summed E-state index contributed by atoms with van der Waals surface area (Å²) in [6.45, 7) is 7.43. The Hall–Kier alpha value is -1.06. The van der Waals surface area contributed by atoms with Crippen LogP contribution in [0, 0.1) is 6.92 Å². The van der Waals surface area contributed by atoms with Crippen molar-refractivity contribution in [3.05, 3.63) is 29.3 Å². The van der Waals surface area contributed by atoms with E-state index in [0.29, 0.717) is 0 Å². The minimum Gasteiger partial charge on any atom is -0.496 e. The average Bonchev–Trinajstić information content (AvgIpc) is 2.29. The fraction of sp³-hybridized carbons (Fsp3) is 0.600. The normalized spacial score (nSPS) is 11.6. The molecule has 3 nitrogen and oxygen atoms in total. The standard InChI is InChI=1S/C15H25NO2/c1-12-11-13(5-6-14(12)18-4)7-9-16-15(2,3)8-10-17/h5-6,11,16-17H,7-10H2,1-4H3. The van der Waals surface area contributed by atoms with Crippen LogP contribution in [0.5, 0.6) is 5.75 Å². The number of hydrogen-bond donors (Lipinski definition) is 2. The van der Waals surface area contributed by atoms with Crippen molar-refractivity contribution in [2.24, 2.45) is 0 Å². The van der Waals surface area contributed by atoms with Gasteiger partial charge in [-0.25, -0.2) is 0 Å². The molecule has 0 aromatic heterocycles. The average molecular weight is 251 g/mol. The lowest BCUT2D eigenvalue weighted by Gasteiger charge is -2.25. The molecule has 0 bridgehead atoms. The van der Waals surface area contributed by atoms with Crippen LogP contribution < -0.4 is 10.1 Å². The van der Waals surface area contributed by atoms with Gasteiger partial charge in [0.05, 0.1) is 7.11 Å². The van der Waals surface area contributed by atoms with Crippen molar-refractivity contribution in [3.63, 3.8) is 0 Å². The van der Waals surface area contributed by atoms with Gasteiger partial charge in [-0.2, -0.15) is 0 Å². The number of hydrogen-bond acceptors (Lipinski definition) is 3. The van der Waals surface area contributed by atoms with Crippen LogP contribution >= 0.6 is 0 Å². The van der Waals surface area contributed by atoms with Gasteiger partial charge in [-0.05, 0) is 57.4 Å². The molecule has 0 heterocycles. The highest BCUT2D eigenvalue weighted by molar-refractivity contribution is 5.36. The van der Waals surface area contributed by atoms with Crippen LogP contribution in [-0.2, 0) is 6.42 Å². The molecule has 0 spiro atoms. The van der Waals surface area contributed by atoms with Crippen LogP contribution in [-0.4, -0.2) is 30.9 Å². The Morgan fingerprint density at radius 2 is 2.06 bits per heavy atom. The zero-order valence-electron chi connectivity index (χ0n) is 11.9. The third kappa shape index (κ3) is 4.67. The summed E-state index contributed by atoms with van der Waals surface area (Å²) in [5, 5.41) is 12.4. The van der Waals surface area contributed by atoms with E-state index >= 15 is 0 Å². The van der Waals surface area contributed by atoms with Crippen molar-refractivity contribution in [2.75, 3.05) is 20.3 Å². The summed E-state index contributed by atoms with van der Waals surface area (Å²) in [6.07, 6.45) is 1.76. The minimum atomic E-state index is -0.00371. The molecule has 2 N–H and O–H groups in total. The van der Waals surface area contributed by atoms with E-state index in [1.165, 1.54) is 11.1 Å². The molecule has 0 saturated heterocycles. The molecule has 0 saturated carbocycles. The predicted octanol–water partition coefficient (Wildman–Crippen LogP) is 2.30. The van der Waals surface area contributed by atoms with Gasteiger partial charge in [0, 0.05) is 12.1 Å². The first kappa shape index (κ1) is 15.0. The largest absolute Gasteiger partial charge is 0.496 e. The number of aliphatic hydroxyl groups excluding tert-OH is 1. The maximum absolute atomic E-state index is 8.96. The molecule has 1 rings (SSSR count). The summed E-state index contributed by atoms with van der Waals surface area (Å²) in [4.78, 5) is 0. The Morgan fingerprint density at radius 3 is 2.61 bits per heavy atom. The third-order valence-electron chi connectivity index (χ3n) is 3.21. The van der Waals surface area contributed by atoms with Crippen LogP contribution in [0.15, 0.2) is 18.2 Å². The molecule has 1 aromatic rings. The van der Waals surface area contributed by atoms with Gasteiger partial charge in [0.1, 0.15) is 5.75 Å². The van der Waals surface area contributed by atoms with E-state index in [9.17, 15) is 0 Å². The lowest BCUT2D eigenvalue weighted by atomic mass is 10.0. The quantitative estimate of drug-likeness (QED) is 0.781. The van der Waals surface area contributed by atoms with Crippen LogP contribution in [0.25, 0.3) is 0 Å². The summed E-state index contributed by atoms with van der Waals surface area (Å²) in [5.41, 5.74) is 2.47. The van der Waals surface area contributed by atoms with Gasteiger partial charge in [-0.3, -0.25) is 0 Å². The van der Waals surface area contributed by atoms with Gasteiger partial charge in [0.15, 0.2) is 0 Å². The topological polar surface area (TPSA) is 41.5 Å². The van der Waals surface area contributed by atoms with Crippen molar-refractivity contribution in [2.45, 2.75) is 39.2 Å². The Labute approximate surface area is 110 Å². The lowest BCUT2D eigenvalue weighted by molar-refractivity contribution is 0.231. The van der Waals surface area contributed by atoms with Gasteiger partial charge >= 0.3 is 0 Å². The second kappa shape index (κ2) is 6.76. The zero-order chi connectivity index (χ0) is 13.6. The third-order valence-corrected chi connectivity index (χ3v) is 3.21. The Bertz CT molecular complexity index is 375. The second-order valence-electron chi connectivity index (χ2n) is 5.34. The lowest BCUT2D eigenvalue weighted by Crippen LogP contribution is -2.41. The molecule has 0 unspecified atom stereocenters. The van der Waals surface area contributed by atoms with E-state index in [1.807, 2.05) is 6.07 Å². The van der Waals surface area contributed by atoms with Crippen molar-refractivity contribution in [1.82, 2.24) is 5.32 Å². The van der Waals surface area contributed by atoms with Gasteiger partial charge in [0.2, 0.25) is 0 Å². The molecular weight excluding hydrogens is 226 g/mol. The van der Waals surface area contributed by atoms with Crippen LogP contribution in [0.4, 0.5) is 0 Å². The molecule has 0 atom stereocenters. The van der Waals surface area contributed by atoms with Crippen molar-refractivity contribution in [3.8, 4) is 5.75 Å². The van der Waals surface area contributed by atoms with Crippen LogP contribution in [0.1, 0.15) is 31.4 Å². The van der Waals surface area contributed by atoms with Crippen molar-refractivity contribution >= 4 is 0 Å². The second-order valence-corrected chi connectivity index (χ2v) is 5.34. The molecule has 18 heavy (non-hydrogen) atoms. The number of benzene rings is 1. The van der Waals surface area contributed by atoms with E-state index in [2.05, 4.69) is 38.2 Å².